The van der Waals surface area contributed by atoms with Crippen LogP contribution in [0.1, 0.15) is 35.4 Å². The van der Waals surface area contributed by atoms with Crippen LogP contribution in [0.25, 0.3) is 10.2 Å². The molecule has 3 nitrogen and oxygen atoms in total. The van der Waals surface area contributed by atoms with Gasteiger partial charge in [-0.1, -0.05) is 55.4 Å². The summed E-state index contributed by atoms with van der Waals surface area (Å²) in [6.07, 6.45) is 0.945. The van der Waals surface area contributed by atoms with E-state index in [2.05, 4.69) is 45.0 Å². The molecule has 2 heterocycles. The van der Waals surface area contributed by atoms with E-state index in [4.69, 9.17) is 4.98 Å². The Hall–Kier alpha value is -1.59. The molecule has 0 aliphatic carbocycles. The van der Waals surface area contributed by atoms with E-state index in [1.54, 1.807) is 23.1 Å². The molecule has 24 heavy (non-hydrogen) atoms. The Labute approximate surface area is 150 Å². The van der Waals surface area contributed by atoms with Gasteiger partial charge >= 0.3 is 0 Å². The number of nitrogens with zero attached hydrogens (tertiary/aromatic N) is 2. The molecule has 0 amide bonds. The van der Waals surface area contributed by atoms with Crippen LogP contribution >= 0.6 is 23.1 Å². The number of thiophene rings is 1. The molecule has 0 atom stereocenters. The first-order chi connectivity index (χ1) is 11.5. The van der Waals surface area contributed by atoms with Crippen LogP contribution in [0.15, 0.2) is 34.2 Å². The van der Waals surface area contributed by atoms with Crippen molar-refractivity contribution in [3.05, 3.63) is 56.2 Å². The molecule has 3 rings (SSSR count). The van der Waals surface area contributed by atoms with Gasteiger partial charge in [0, 0.05) is 4.88 Å². The predicted molar refractivity (Wildman–Crippen MR) is 105 cm³/mol. The molecule has 126 valence electrons. The Morgan fingerprint density at radius 3 is 2.50 bits per heavy atom. The molecule has 0 N–H and O–H groups in total. The minimum Gasteiger partial charge on any atom is -0.283 e. The van der Waals surface area contributed by atoms with Gasteiger partial charge in [0.25, 0.3) is 5.56 Å². The highest BCUT2D eigenvalue weighted by molar-refractivity contribution is 7.99. The van der Waals surface area contributed by atoms with Crippen LogP contribution in [0.5, 0.6) is 0 Å². The highest BCUT2D eigenvalue weighted by atomic mass is 32.2. The zero-order valence-corrected chi connectivity index (χ0v) is 16.2. The van der Waals surface area contributed by atoms with Gasteiger partial charge in [-0.2, -0.15) is 0 Å². The first kappa shape index (κ1) is 17.2. The zero-order valence-electron chi connectivity index (χ0n) is 14.5. The summed E-state index contributed by atoms with van der Waals surface area (Å²) in [6, 6.07) is 8.35. The van der Waals surface area contributed by atoms with E-state index in [0.29, 0.717) is 6.54 Å². The summed E-state index contributed by atoms with van der Waals surface area (Å²) in [7, 11) is 0. The van der Waals surface area contributed by atoms with Crippen molar-refractivity contribution in [1.29, 1.82) is 0 Å². The highest BCUT2D eigenvalue weighted by Gasteiger charge is 2.17. The molecule has 0 radical (unpaired) electrons. The van der Waals surface area contributed by atoms with E-state index in [1.165, 1.54) is 10.4 Å². The Morgan fingerprint density at radius 1 is 1.17 bits per heavy atom. The Balaban J connectivity index is 2.18. The molecule has 3 aromatic rings. The minimum absolute atomic E-state index is 0.0879. The van der Waals surface area contributed by atoms with Crippen LogP contribution in [0.2, 0.25) is 0 Å². The topological polar surface area (TPSA) is 34.9 Å². The number of benzene rings is 1. The largest absolute Gasteiger partial charge is 0.283 e. The minimum atomic E-state index is 0.0879. The van der Waals surface area contributed by atoms with Gasteiger partial charge in [-0.25, -0.2) is 4.98 Å². The van der Waals surface area contributed by atoms with E-state index in [-0.39, 0.29) is 5.56 Å². The van der Waals surface area contributed by atoms with Gasteiger partial charge < -0.3 is 0 Å². The molecule has 5 heteroatoms. The number of hydrogen-bond donors (Lipinski definition) is 0. The summed E-state index contributed by atoms with van der Waals surface area (Å²) in [6.45, 7) is 8.91. The summed E-state index contributed by atoms with van der Waals surface area (Å²) in [5.74, 6) is 0.900. The number of aromatic nitrogens is 2. The van der Waals surface area contributed by atoms with Gasteiger partial charge in [0.05, 0.1) is 11.9 Å². The molecule has 2 aromatic heterocycles. The van der Waals surface area contributed by atoms with E-state index in [0.717, 1.165) is 38.7 Å². The molecule has 0 saturated carbocycles. The summed E-state index contributed by atoms with van der Waals surface area (Å²) in [5, 5.41) is 1.61. The second-order valence-corrected chi connectivity index (χ2v) is 8.20. The molecule has 0 bridgehead atoms. The molecule has 0 spiro atoms. The molecule has 0 fully saturated rings. The van der Waals surface area contributed by atoms with Crippen LogP contribution in [0, 0.1) is 13.8 Å². The number of fused-ring (bicyclic) bond motifs is 1. The fourth-order valence-corrected chi connectivity index (χ4v) is 4.72. The van der Waals surface area contributed by atoms with Crippen molar-refractivity contribution in [3.8, 4) is 0 Å². The molecule has 0 aliphatic heterocycles. The average molecular weight is 359 g/mol. The lowest BCUT2D eigenvalue weighted by molar-refractivity contribution is 0.659. The summed E-state index contributed by atoms with van der Waals surface area (Å²) < 4.78 is 1.83. The predicted octanol–water partition coefficient (Wildman–Crippen LogP) is 4.80. The fraction of sp³-hybridized carbons (Fsp3) is 0.368. The first-order valence-corrected chi connectivity index (χ1v) is 10.1. The normalized spacial score (nSPS) is 11.3. The lowest BCUT2D eigenvalue weighted by atomic mass is 10.1. The van der Waals surface area contributed by atoms with Crippen LogP contribution in [-0.4, -0.2) is 15.3 Å². The van der Waals surface area contributed by atoms with Gasteiger partial charge in [-0.3, -0.25) is 9.36 Å². The molecule has 0 aliphatic rings. The SMILES string of the molecule is CCSc1nc2sc(CC)c(C)c2c(=O)n1Cc1ccc(C)cc1. The number of aryl methyl sites for hydroxylation is 3. The van der Waals surface area contributed by atoms with Crippen molar-refractivity contribution in [2.75, 3.05) is 5.75 Å². The molecular weight excluding hydrogens is 336 g/mol. The van der Waals surface area contributed by atoms with Crippen LogP contribution in [0.4, 0.5) is 0 Å². The summed E-state index contributed by atoms with van der Waals surface area (Å²) in [5.41, 5.74) is 3.54. The van der Waals surface area contributed by atoms with E-state index < -0.39 is 0 Å². The number of hydrogen-bond acceptors (Lipinski definition) is 4. The maximum absolute atomic E-state index is 13.2. The molecule has 0 unspecified atom stereocenters. The number of thioether (sulfide) groups is 1. The van der Waals surface area contributed by atoms with E-state index in [1.807, 2.05) is 11.5 Å². The molecule has 1 aromatic carbocycles. The van der Waals surface area contributed by atoms with E-state index >= 15 is 0 Å². The summed E-state index contributed by atoms with van der Waals surface area (Å²) in [4.78, 5) is 20.1. The maximum atomic E-state index is 13.2. The van der Waals surface area contributed by atoms with Gasteiger partial charge in [0.2, 0.25) is 0 Å². The van der Waals surface area contributed by atoms with Crippen LogP contribution in [0.3, 0.4) is 0 Å². The third-order valence-corrected chi connectivity index (χ3v) is 6.36. The molecule has 0 saturated heterocycles. The number of rotatable bonds is 5. The third-order valence-electron chi connectivity index (χ3n) is 4.17. The monoisotopic (exact) mass is 358 g/mol. The Morgan fingerprint density at radius 2 is 1.88 bits per heavy atom. The standard InChI is InChI=1S/C19H22N2OS2/c1-5-15-13(4)16-17(24-15)20-19(23-6-2)21(18(16)22)11-14-9-7-12(3)8-10-14/h7-10H,5-6,11H2,1-4H3. The third kappa shape index (κ3) is 3.15. The van der Waals surface area contributed by atoms with Gasteiger partial charge in [0.15, 0.2) is 5.16 Å². The highest BCUT2D eigenvalue weighted by Crippen LogP contribution is 2.29. The van der Waals surface area contributed by atoms with Gasteiger partial charge in [-0.05, 0) is 37.1 Å². The first-order valence-electron chi connectivity index (χ1n) is 8.26. The molecular formula is C19H22N2OS2. The average Bonchev–Trinajstić information content (AvgIpc) is 2.89. The van der Waals surface area contributed by atoms with Crippen molar-refractivity contribution in [3.63, 3.8) is 0 Å². The van der Waals surface area contributed by atoms with Crippen molar-refractivity contribution in [1.82, 2.24) is 9.55 Å². The lowest BCUT2D eigenvalue weighted by Crippen LogP contribution is -2.24. The quantitative estimate of drug-likeness (QED) is 0.485. The van der Waals surface area contributed by atoms with Crippen molar-refractivity contribution in [2.45, 2.75) is 45.8 Å². The van der Waals surface area contributed by atoms with Crippen molar-refractivity contribution >= 4 is 33.3 Å². The van der Waals surface area contributed by atoms with Crippen LogP contribution < -0.4 is 5.56 Å². The smallest absolute Gasteiger partial charge is 0.263 e. The van der Waals surface area contributed by atoms with Crippen molar-refractivity contribution < 1.29 is 0 Å². The summed E-state index contributed by atoms with van der Waals surface area (Å²) >= 11 is 3.29. The van der Waals surface area contributed by atoms with Crippen molar-refractivity contribution in [2.24, 2.45) is 0 Å². The van der Waals surface area contributed by atoms with E-state index in [9.17, 15) is 4.79 Å². The zero-order chi connectivity index (χ0) is 17.3. The van der Waals surface area contributed by atoms with Gasteiger partial charge in [-0.15, -0.1) is 11.3 Å². The second kappa shape index (κ2) is 7.11. The van der Waals surface area contributed by atoms with Gasteiger partial charge in [0.1, 0.15) is 4.83 Å². The second-order valence-electron chi connectivity index (χ2n) is 5.89. The lowest BCUT2D eigenvalue weighted by Gasteiger charge is -2.12. The van der Waals surface area contributed by atoms with Crippen LogP contribution in [-0.2, 0) is 13.0 Å². The Kier molecular flexibility index (Phi) is 5.11. The maximum Gasteiger partial charge on any atom is 0.263 e. The Bertz CT molecular complexity index is 923. The fourth-order valence-electron chi connectivity index (χ4n) is 2.84.